The maximum absolute atomic E-state index is 12.5. The minimum atomic E-state index is -0.844. The normalized spacial score (nSPS) is 13.1. The molecule has 0 aliphatic heterocycles. The number of aliphatic hydroxyl groups is 2. The van der Waals surface area contributed by atoms with Gasteiger partial charge in [-0.25, -0.2) is 0 Å². The second-order valence-electron chi connectivity index (χ2n) is 21.5. The molecule has 0 aliphatic rings. The van der Waals surface area contributed by atoms with Crippen molar-refractivity contribution in [3.63, 3.8) is 0 Å². The van der Waals surface area contributed by atoms with Gasteiger partial charge in [0.2, 0.25) is 5.91 Å². The van der Waals surface area contributed by atoms with Gasteiger partial charge in [-0.05, 0) is 57.8 Å². The summed E-state index contributed by atoms with van der Waals surface area (Å²) in [6.07, 6.45) is 87.0. The largest absolute Gasteiger partial charge is 0.394 e. The van der Waals surface area contributed by atoms with E-state index in [-0.39, 0.29) is 12.5 Å². The highest BCUT2D eigenvalue weighted by atomic mass is 16.3. The van der Waals surface area contributed by atoms with Gasteiger partial charge in [-0.3, -0.25) is 4.79 Å². The van der Waals surface area contributed by atoms with Gasteiger partial charge in [0, 0.05) is 6.42 Å². The van der Waals surface area contributed by atoms with Crippen LogP contribution in [0.1, 0.15) is 335 Å². The van der Waals surface area contributed by atoms with Gasteiger partial charge in [-0.2, -0.15) is 0 Å². The van der Waals surface area contributed by atoms with Crippen molar-refractivity contribution in [2.75, 3.05) is 6.61 Å². The van der Waals surface area contributed by atoms with Crippen LogP contribution in [0.4, 0.5) is 0 Å². The second-order valence-corrected chi connectivity index (χ2v) is 21.5. The van der Waals surface area contributed by atoms with E-state index in [1.54, 1.807) is 6.08 Å². The van der Waals surface area contributed by atoms with Crippen LogP contribution < -0.4 is 5.32 Å². The molecule has 4 heteroatoms. The fraction of sp³-hybridized carbons (Fsp3) is 0.833. The van der Waals surface area contributed by atoms with Crippen LogP contribution in [0.15, 0.2) is 60.8 Å². The molecule has 2 unspecified atom stereocenters. The maximum Gasteiger partial charge on any atom is 0.220 e. The zero-order valence-corrected chi connectivity index (χ0v) is 47.3. The van der Waals surface area contributed by atoms with Crippen LogP contribution in [-0.2, 0) is 4.79 Å². The molecule has 0 saturated carbocycles. The van der Waals surface area contributed by atoms with E-state index in [0.717, 1.165) is 51.4 Å². The Bertz CT molecular complexity index is 1150. The molecule has 2 atom stereocenters. The van der Waals surface area contributed by atoms with Gasteiger partial charge in [0.15, 0.2) is 0 Å². The van der Waals surface area contributed by atoms with Gasteiger partial charge >= 0.3 is 0 Å². The van der Waals surface area contributed by atoms with Crippen LogP contribution in [-0.4, -0.2) is 34.9 Å². The highest BCUT2D eigenvalue weighted by Gasteiger charge is 2.18. The topological polar surface area (TPSA) is 69.6 Å². The summed E-state index contributed by atoms with van der Waals surface area (Å²) in [6.45, 7) is 4.23. The smallest absolute Gasteiger partial charge is 0.220 e. The Morgan fingerprint density at radius 1 is 0.357 bits per heavy atom. The lowest BCUT2D eigenvalue weighted by Crippen LogP contribution is -2.45. The van der Waals surface area contributed by atoms with Crippen LogP contribution in [0.2, 0.25) is 0 Å². The summed E-state index contributed by atoms with van der Waals surface area (Å²) in [5.41, 5.74) is 0. The Kier molecular flexibility index (Phi) is 59.7. The van der Waals surface area contributed by atoms with E-state index in [0.29, 0.717) is 6.42 Å². The number of carbonyl (C=O) groups is 1. The number of hydrogen-bond acceptors (Lipinski definition) is 3. The zero-order valence-electron chi connectivity index (χ0n) is 47.3. The summed E-state index contributed by atoms with van der Waals surface area (Å²) in [5, 5.41) is 23.2. The minimum Gasteiger partial charge on any atom is -0.394 e. The SMILES string of the molecule is CC/C=C\C/C=C\C/C=C\C/C=C\CCCCCCCCCCCCCCC(=O)NC(CO)C(O)/C=C/CCCCCCCCCCCCCCCCCCCCCCCCCCCCCCCCC. The summed E-state index contributed by atoms with van der Waals surface area (Å²) >= 11 is 0. The number of amides is 1. The molecule has 0 aromatic heterocycles. The monoisotopic (exact) mass is 978 g/mol. The fourth-order valence-electron chi connectivity index (χ4n) is 9.76. The van der Waals surface area contributed by atoms with Crippen molar-refractivity contribution in [3.05, 3.63) is 60.8 Å². The van der Waals surface area contributed by atoms with Crippen molar-refractivity contribution >= 4 is 5.91 Å². The van der Waals surface area contributed by atoms with Gasteiger partial charge < -0.3 is 15.5 Å². The van der Waals surface area contributed by atoms with E-state index >= 15 is 0 Å². The Balaban J connectivity index is 3.45. The fourth-order valence-corrected chi connectivity index (χ4v) is 9.76. The van der Waals surface area contributed by atoms with Crippen LogP contribution in [0, 0.1) is 0 Å². The van der Waals surface area contributed by atoms with Gasteiger partial charge in [0.25, 0.3) is 0 Å². The molecule has 4 nitrogen and oxygen atoms in total. The molecule has 0 aliphatic carbocycles. The van der Waals surface area contributed by atoms with Crippen LogP contribution >= 0.6 is 0 Å². The van der Waals surface area contributed by atoms with E-state index in [1.807, 2.05) is 6.08 Å². The summed E-state index contributed by atoms with van der Waals surface area (Å²) < 4.78 is 0. The van der Waals surface area contributed by atoms with Crippen molar-refractivity contribution in [2.24, 2.45) is 0 Å². The number of allylic oxidation sites excluding steroid dienone is 9. The summed E-state index contributed by atoms with van der Waals surface area (Å²) in [7, 11) is 0. The predicted octanol–water partition coefficient (Wildman–Crippen LogP) is 21.2. The lowest BCUT2D eigenvalue weighted by atomic mass is 10.0. The van der Waals surface area contributed by atoms with E-state index < -0.39 is 12.1 Å². The standard InChI is InChI=1S/C66H123NO3/c1-3-5-7-9-11-13-15-17-19-21-23-25-27-29-30-31-32-33-34-35-36-38-39-41-43-45-47-49-51-53-55-57-59-61-65(69)64(63-68)67-66(70)62-60-58-56-54-52-50-48-46-44-42-40-37-28-26-24-22-20-18-16-14-12-10-8-6-4-2/h6,8,12,14,18,20,24,26,59,61,64-65,68-69H,3-5,7,9-11,13,15-17,19,21-23,25,27-58,60,62-63H2,1-2H3,(H,67,70)/b8-6-,14-12-,20-18-,26-24-,61-59+. The van der Waals surface area contributed by atoms with Gasteiger partial charge in [0.1, 0.15) is 0 Å². The molecule has 410 valence electrons. The van der Waals surface area contributed by atoms with Crippen LogP contribution in [0.25, 0.3) is 0 Å². The van der Waals surface area contributed by atoms with E-state index in [9.17, 15) is 15.0 Å². The molecule has 0 heterocycles. The summed E-state index contributed by atoms with van der Waals surface area (Å²) in [5.74, 6) is -0.0638. The van der Waals surface area contributed by atoms with E-state index in [2.05, 4.69) is 67.8 Å². The van der Waals surface area contributed by atoms with Crippen molar-refractivity contribution in [1.82, 2.24) is 5.32 Å². The number of rotatable bonds is 58. The number of nitrogens with one attached hydrogen (secondary N) is 1. The Morgan fingerprint density at radius 3 is 0.943 bits per heavy atom. The van der Waals surface area contributed by atoms with Crippen molar-refractivity contribution in [2.45, 2.75) is 347 Å². The molecule has 0 rings (SSSR count). The highest BCUT2D eigenvalue weighted by Crippen LogP contribution is 2.18. The van der Waals surface area contributed by atoms with Crippen LogP contribution in [0.3, 0.4) is 0 Å². The zero-order chi connectivity index (χ0) is 50.6. The Hall–Kier alpha value is -1.91. The molecule has 0 fully saturated rings. The molecule has 3 N–H and O–H groups in total. The number of carbonyl (C=O) groups excluding carboxylic acids is 1. The molecule has 1 amide bonds. The lowest BCUT2D eigenvalue weighted by molar-refractivity contribution is -0.123. The first-order valence-electron chi connectivity index (χ1n) is 31.5. The molecule has 0 spiro atoms. The first-order valence-corrected chi connectivity index (χ1v) is 31.5. The summed E-state index contributed by atoms with van der Waals surface area (Å²) in [6, 6.07) is -0.627. The molecule has 0 aromatic rings. The Labute approximate surface area is 438 Å². The average molecular weight is 979 g/mol. The molecule has 0 saturated heterocycles. The molecule has 0 bridgehead atoms. The predicted molar refractivity (Wildman–Crippen MR) is 313 cm³/mol. The van der Waals surface area contributed by atoms with Gasteiger partial charge in [-0.1, -0.05) is 331 Å². The quantitative estimate of drug-likeness (QED) is 0.0420. The first-order chi connectivity index (χ1) is 34.7. The third-order valence-corrected chi connectivity index (χ3v) is 14.5. The molecular formula is C66H123NO3. The first kappa shape index (κ1) is 68.1. The van der Waals surface area contributed by atoms with Gasteiger partial charge in [0.05, 0.1) is 18.8 Å². The Morgan fingerprint density at radius 2 is 0.629 bits per heavy atom. The maximum atomic E-state index is 12.5. The van der Waals surface area contributed by atoms with E-state index in [1.165, 1.54) is 263 Å². The molecule has 0 radical (unpaired) electrons. The highest BCUT2D eigenvalue weighted by molar-refractivity contribution is 5.76. The van der Waals surface area contributed by atoms with Crippen molar-refractivity contribution < 1.29 is 15.0 Å². The second kappa shape index (κ2) is 61.4. The van der Waals surface area contributed by atoms with E-state index in [4.69, 9.17) is 0 Å². The number of aliphatic hydroxyl groups excluding tert-OH is 2. The third kappa shape index (κ3) is 57.0. The van der Waals surface area contributed by atoms with Crippen molar-refractivity contribution in [3.8, 4) is 0 Å². The molecule has 0 aromatic carbocycles. The molecular weight excluding hydrogens is 855 g/mol. The number of unbranched alkanes of at least 4 members (excludes halogenated alkanes) is 43. The number of hydrogen-bond donors (Lipinski definition) is 3. The van der Waals surface area contributed by atoms with Crippen LogP contribution in [0.5, 0.6) is 0 Å². The van der Waals surface area contributed by atoms with Crippen molar-refractivity contribution in [1.29, 1.82) is 0 Å². The van der Waals surface area contributed by atoms with Gasteiger partial charge in [-0.15, -0.1) is 0 Å². The minimum absolute atomic E-state index is 0.0638. The third-order valence-electron chi connectivity index (χ3n) is 14.5. The lowest BCUT2D eigenvalue weighted by Gasteiger charge is -2.20. The molecule has 70 heavy (non-hydrogen) atoms. The average Bonchev–Trinajstić information content (AvgIpc) is 3.36. The summed E-state index contributed by atoms with van der Waals surface area (Å²) in [4.78, 5) is 12.5.